The van der Waals surface area contributed by atoms with Crippen LogP contribution in [0.5, 0.6) is 5.75 Å². The average Bonchev–Trinajstić information content (AvgIpc) is 3.21. The normalized spacial score (nSPS) is 16.5. The zero-order chi connectivity index (χ0) is 17.2. The Morgan fingerprint density at radius 3 is 2.52 bits per heavy atom. The molecule has 2 aromatic rings. The van der Waals surface area contributed by atoms with Gasteiger partial charge in [0.05, 0.1) is 12.2 Å². The Bertz CT molecular complexity index is 770. The molecule has 0 radical (unpaired) electrons. The molecule has 0 atom stereocenters. The summed E-state index contributed by atoms with van der Waals surface area (Å²) in [5.74, 6) is 0.913. The van der Waals surface area contributed by atoms with Crippen molar-refractivity contribution in [3.05, 3.63) is 48.0 Å². The van der Waals surface area contributed by atoms with Gasteiger partial charge in [-0.15, -0.1) is 11.8 Å². The van der Waals surface area contributed by atoms with Crippen LogP contribution in [0.25, 0.3) is 0 Å². The van der Waals surface area contributed by atoms with Gasteiger partial charge in [0.15, 0.2) is 0 Å². The van der Waals surface area contributed by atoms with Gasteiger partial charge < -0.3 is 14.5 Å². The number of amides is 1. The second kappa shape index (κ2) is 7.00. The third kappa shape index (κ3) is 3.21. The van der Waals surface area contributed by atoms with Crippen molar-refractivity contribution < 1.29 is 9.53 Å². The molecule has 0 spiro atoms. The molecule has 4 nitrogen and oxygen atoms in total. The van der Waals surface area contributed by atoms with Crippen molar-refractivity contribution >= 4 is 29.0 Å². The Morgan fingerprint density at radius 2 is 1.80 bits per heavy atom. The molecular formula is C20H22N2O2S. The lowest BCUT2D eigenvalue weighted by Crippen LogP contribution is -2.30. The standard InChI is InChI=1S/C20H22N2O2S/c1-25-17-7-5-16(6-8-17)22-12-13-24-19-14-15(4-9-18(19)22)20(23)21-10-2-3-11-21/h4-9,14H,2-3,10-13H2,1H3. The lowest BCUT2D eigenvalue weighted by Gasteiger charge is -2.31. The number of benzene rings is 2. The van der Waals surface area contributed by atoms with E-state index in [2.05, 4.69) is 35.4 Å². The Kier molecular flexibility index (Phi) is 4.57. The first kappa shape index (κ1) is 16.3. The summed E-state index contributed by atoms with van der Waals surface area (Å²) in [6.45, 7) is 3.17. The summed E-state index contributed by atoms with van der Waals surface area (Å²) in [5, 5.41) is 0. The zero-order valence-corrected chi connectivity index (χ0v) is 15.2. The summed E-state index contributed by atoms with van der Waals surface area (Å²) < 4.78 is 5.86. The van der Waals surface area contributed by atoms with Gasteiger partial charge in [0.1, 0.15) is 12.4 Å². The van der Waals surface area contributed by atoms with E-state index in [1.807, 2.05) is 23.1 Å². The molecule has 2 heterocycles. The highest BCUT2D eigenvalue weighted by molar-refractivity contribution is 7.98. The molecule has 2 aromatic carbocycles. The number of nitrogens with zero attached hydrogens (tertiary/aromatic N) is 2. The molecule has 0 unspecified atom stereocenters. The number of ether oxygens (including phenoxy) is 1. The summed E-state index contributed by atoms with van der Waals surface area (Å²) in [5.41, 5.74) is 2.90. The van der Waals surface area contributed by atoms with Crippen LogP contribution in [0, 0.1) is 0 Å². The maximum absolute atomic E-state index is 12.6. The molecule has 5 heteroatoms. The predicted octanol–water partition coefficient (Wildman–Crippen LogP) is 4.18. The number of carbonyl (C=O) groups excluding carboxylic acids is 1. The van der Waals surface area contributed by atoms with Gasteiger partial charge in [-0.05, 0) is 61.6 Å². The summed E-state index contributed by atoms with van der Waals surface area (Å²) in [6, 6.07) is 14.4. The number of carbonyl (C=O) groups is 1. The van der Waals surface area contributed by atoms with Crippen molar-refractivity contribution in [1.29, 1.82) is 0 Å². The minimum absolute atomic E-state index is 0.116. The predicted molar refractivity (Wildman–Crippen MR) is 102 cm³/mol. The average molecular weight is 354 g/mol. The molecule has 0 aliphatic carbocycles. The minimum atomic E-state index is 0.116. The van der Waals surface area contributed by atoms with E-state index in [4.69, 9.17) is 4.74 Å². The number of fused-ring (bicyclic) bond motifs is 1. The van der Waals surface area contributed by atoms with Gasteiger partial charge in [0.2, 0.25) is 0 Å². The van der Waals surface area contributed by atoms with Gasteiger partial charge in [0, 0.05) is 29.2 Å². The Balaban J connectivity index is 1.62. The van der Waals surface area contributed by atoms with Crippen LogP contribution in [0.2, 0.25) is 0 Å². The molecule has 0 saturated carbocycles. The molecule has 0 bridgehead atoms. The van der Waals surface area contributed by atoms with Crippen LogP contribution < -0.4 is 9.64 Å². The van der Waals surface area contributed by atoms with E-state index >= 15 is 0 Å². The molecule has 1 fully saturated rings. The molecule has 2 aliphatic heterocycles. The number of likely N-dealkylation sites (tertiary alicyclic amines) is 1. The summed E-state index contributed by atoms with van der Waals surface area (Å²) >= 11 is 1.74. The summed E-state index contributed by atoms with van der Waals surface area (Å²) in [6.07, 6.45) is 4.29. The van der Waals surface area contributed by atoms with Crippen LogP contribution in [-0.4, -0.2) is 43.3 Å². The van der Waals surface area contributed by atoms with E-state index < -0.39 is 0 Å². The van der Waals surface area contributed by atoms with Gasteiger partial charge >= 0.3 is 0 Å². The van der Waals surface area contributed by atoms with Crippen molar-refractivity contribution in [2.75, 3.05) is 37.4 Å². The molecule has 1 saturated heterocycles. The van der Waals surface area contributed by atoms with E-state index in [-0.39, 0.29) is 5.91 Å². The van der Waals surface area contributed by atoms with Crippen LogP contribution in [-0.2, 0) is 0 Å². The highest BCUT2D eigenvalue weighted by atomic mass is 32.2. The Hall–Kier alpha value is -2.14. The van der Waals surface area contributed by atoms with E-state index in [0.29, 0.717) is 6.61 Å². The number of hydrogen-bond donors (Lipinski definition) is 0. The summed E-state index contributed by atoms with van der Waals surface area (Å²) in [7, 11) is 0. The number of anilines is 2. The first-order valence-electron chi connectivity index (χ1n) is 8.74. The van der Waals surface area contributed by atoms with Crippen molar-refractivity contribution in [2.24, 2.45) is 0 Å². The maximum atomic E-state index is 12.6. The lowest BCUT2D eigenvalue weighted by molar-refractivity contribution is 0.0792. The molecule has 130 valence electrons. The molecule has 0 N–H and O–H groups in total. The fourth-order valence-electron chi connectivity index (χ4n) is 3.49. The van der Waals surface area contributed by atoms with Crippen LogP contribution in [0.15, 0.2) is 47.4 Å². The monoisotopic (exact) mass is 354 g/mol. The second-order valence-corrected chi connectivity index (χ2v) is 7.26. The van der Waals surface area contributed by atoms with E-state index in [9.17, 15) is 4.79 Å². The quantitative estimate of drug-likeness (QED) is 0.775. The summed E-state index contributed by atoms with van der Waals surface area (Å²) in [4.78, 5) is 18.1. The third-order valence-electron chi connectivity index (χ3n) is 4.85. The number of rotatable bonds is 3. The Labute approximate surface area is 152 Å². The van der Waals surface area contributed by atoms with E-state index in [1.165, 1.54) is 4.90 Å². The molecule has 2 aliphatic rings. The number of thioether (sulfide) groups is 1. The fraction of sp³-hybridized carbons (Fsp3) is 0.350. The topological polar surface area (TPSA) is 32.8 Å². The van der Waals surface area contributed by atoms with Crippen molar-refractivity contribution in [2.45, 2.75) is 17.7 Å². The van der Waals surface area contributed by atoms with Gasteiger partial charge in [-0.3, -0.25) is 4.79 Å². The van der Waals surface area contributed by atoms with E-state index in [1.54, 1.807) is 11.8 Å². The highest BCUT2D eigenvalue weighted by Gasteiger charge is 2.24. The van der Waals surface area contributed by atoms with Gasteiger partial charge in [0.25, 0.3) is 5.91 Å². The van der Waals surface area contributed by atoms with Crippen LogP contribution in [0.4, 0.5) is 11.4 Å². The van der Waals surface area contributed by atoms with Gasteiger partial charge in [-0.2, -0.15) is 0 Å². The second-order valence-electron chi connectivity index (χ2n) is 6.38. The molecule has 4 rings (SSSR count). The first-order chi connectivity index (χ1) is 12.3. The largest absolute Gasteiger partial charge is 0.490 e. The van der Waals surface area contributed by atoms with Crippen LogP contribution in [0.3, 0.4) is 0 Å². The first-order valence-corrected chi connectivity index (χ1v) is 9.96. The number of hydrogen-bond acceptors (Lipinski definition) is 4. The molecule has 25 heavy (non-hydrogen) atoms. The van der Waals surface area contributed by atoms with Gasteiger partial charge in [-0.1, -0.05) is 0 Å². The smallest absolute Gasteiger partial charge is 0.253 e. The highest BCUT2D eigenvalue weighted by Crippen LogP contribution is 2.38. The maximum Gasteiger partial charge on any atom is 0.253 e. The van der Waals surface area contributed by atoms with Crippen LogP contribution >= 0.6 is 11.8 Å². The molecule has 0 aromatic heterocycles. The lowest BCUT2D eigenvalue weighted by atomic mass is 10.1. The minimum Gasteiger partial charge on any atom is -0.490 e. The fourth-order valence-corrected chi connectivity index (χ4v) is 3.89. The van der Waals surface area contributed by atoms with Crippen LogP contribution in [0.1, 0.15) is 23.2 Å². The van der Waals surface area contributed by atoms with Gasteiger partial charge in [-0.25, -0.2) is 0 Å². The van der Waals surface area contributed by atoms with Crippen molar-refractivity contribution in [3.63, 3.8) is 0 Å². The Morgan fingerprint density at radius 1 is 1.04 bits per heavy atom. The van der Waals surface area contributed by atoms with Crippen molar-refractivity contribution in [1.82, 2.24) is 4.90 Å². The SMILES string of the molecule is CSc1ccc(N2CCOc3cc(C(=O)N4CCCC4)ccc32)cc1. The van der Waals surface area contributed by atoms with E-state index in [0.717, 1.165) is 55.2 Å². The zero-order valence-electron chi connectivity index (χ0n) is 14.4. The third-order valence-corrected chi connectivity index (χ3v) is 5.59. The molecule has 1 amide bonds. The molecular weight excluding hydrogens is 332 g/mol. The van der Waals surface area contributed by atoms with Crippen molar-refractivity contribution in [3.8, 4) is 5.75 Å².